The molecule has 0 fully saturated rings. The monoisotopic (exact) mass is 431 g/mol. The molecule has 4 rings (SSSR count). The number of anilines is 1. The summed E-state index contributed by atoms with van der Waals surface area (Å²) in [4.78, 5) is 32.3. The molecule has 2 aliphatic heterocycles. The first-order valence-electron chi connectivity index (χ1n) is 9.89. The zero-order valence-electron chi connectivity index (χ0n) is 17.4. The number of rotatable bonds is 2. The number of fused-ring (bicyclic) bond motifs is 2. The molecule has 2 atom stereocenters. The molecular weight excluding hydrogens is 406 g/mol. The highest BCUT2D eigenvalue weighted by atomic mass is 32.1. The second kappa shape index (κ2) is 7.79. The Morgan fingerprint density at radius 1 is 1.23 bits per heavy atom. The molecule has 0 bridgehead atoms. The standard InChI is InChI=1S/C21H25N3O5S/c1-12-17(28-15-8-6-5-7-14(15)27-12)18(25)23-19-22-13-9-10-24(11-16(13)30-19)20(26)29-21(2,3)4/h5-8,12,17H,9-11H2,1-4H3,(H,22,23,25). The first-order valence-corrected chi connectivity index (χ1v) is 10.7. The first-order chi connectivity index (χ1) is 14.2. The number of carbonyl (C=O) groups is 2. The van der Waals surface area contributed by atoms with Gasteiger partial charge in [-0.1, -0.05) is 23.5 Å². The summed E-state index contributed by atoms with van der Waals surface area (Å²) in [7, 11) is 0. The van der Waals surface area contributed by atoms with Crippen molar-refractivity contribution in [2.75, 3.05) is 11.9 Å². The van der Waals surface area contributed by atoms with Gasteiger partial charge in [-0.05, 0) is 39.8 Å². The SMILES string of the molecule is CC1Oc2ccccc2OC1C(=O)Nc1nc2c(s1)CN(C(=O)OC(C)(C)C)CC2. The molecule has 2 unspecified atom stereocenters. The van der Waals surface area contributed by atoms with E-state index in [0.29, 0.717) is 36.1 Å². The van der Waals surface area contributed by atoms with Crippen LogP contribution in [0.5, 0.6) is 11.5 Å². The second-order valence-electron chi connectivity index (χ2n) is 8.34. The maximum Gasteiger partial charge on any atom is 0.410 e. The van der Waals surface area contributed by atoms with Crippen molar-refractivity contribution in [3.05, 3.63) is 34.8 Å². The minimum absolute atomic E-state index is 0.313. The summed E-state index contributed by atoms with van der Waals surface area (Å²) in [5, 5.41) is 3.33. The van der Waals surface area contributed by atoms with Gasteiger partial charge in [0.1, 0.15) is 11.7 Å². The average Bonchev–Trinajstić information content (AvgIpc) is 3.07. The maximum absolute atomic E-state index is 12.8. The van der Waals surface area contributed by atoms with E-state index in [4.69, 9.17) is 14.2 Å². The number of para-hydroxylation sites is 2. The first kappa shape index (κ1) is 20.5. The van der Waals surface area contributed by atoms with Crippen molar-refractivity contribution in [1.82, 2.24) is 9.88 Å². The van der Waals surface area contributed by atoms with Gasteiger partial charge in [-0.15, -0.1) is 0 Å². The van der Waals surface area contributed by atoms with E-state index in [1.165, 1.54) is 11.3 Å². The molecule has 160 valence electrons. The van der Waals surface area contributed by atoms with Gasteiger partial charge in [-0.3, -0.25) is 10.1 Å². The summed E-state index contributed by atoms with van der Waals surface area (Å²) < 4.78 is 17.1. The van der Waals surface area contributed by atoms with Crippen molar-refractivity contribution in [2.24, 2.45) is 0 Å². The molecule has 2 aliphatic rings. The predicted molar refractivity (Wildman–Crippen MR) is 112 cm³/mol. The van der Waals surface area contributed by atoms with Gasteiger partial charge in [0, 0.05) is 17.8 Å². The number of ether oxygens (including phenoxy) is 3. The molecule has 1 N–H and O–H groups in total. The fraction of sp³-hybridized carbons (Fsp3) is 0.476. The van der Waals surface area contributed by atoms with Crippen LogP contribution < -0.4 is 14.8 Å². The quantitative estimate of drug-likeness (QED) is 0.781. The summed E-state index contributed by atoms with van der Waals surface area (Å²) in [5.41, 5.74) is 0.357. The molecular formula is C21H25N3O5S. The van der Waals surface area contributed by atoms with Crippen LogP contribution in [-0.2, 0) is 22.5 Å². The molecule has 0 aliphatic carbocycles. The molecule has 3 heterocycles. The average molecular weight is 432 g/mol. The summed E-state index contributed by atoms with van der Waals surface area (Å²) in [5.74, 6) is 0.857. The summed E-state index contributed by atoms with van der Waals surface area (Å²) in [6.07, 6.45) is -0.933. The molecule has 9 heteroatoms. The Labute approximate surface area is 179 Å². The molecule has 8 nitrogen and oxygen atoms in total. The van der Waals surface area contributed by atoms with E-state index >= 15 is 0 Å². The van der Waals surface area contributed by atoms with Crippen molar-refractivity contribution in [1.29, 1.82) is 0 Å². The van der Waals surface area contributed by atoms with Crippen LogP contribution in [0.2, 0.25) is 0 Å². The highest BCUT2D eigenvalue weighted by Crippen LogP contribution is 2.34. The highest BCUT2D eigenvalue weighted by Gasteiger charge is 2.35. The van der Waals surface area contributed by atoms with Crippen LogP contribution in [0.25, 0.3) is 0 Å². The van der Waals surface area contributed by atoms with Gasteiger partial charge in [0.25, 0.3) is 5.91 Å². The van der Waals surface area contributed by atoms with Gasteiger partial charge < -0.3 is 19.1 Å². The van der Waals surface area contributed by atoms with E-state index in [9.17, 15) is 9.59 Å². The van der Waals surface area contributed by atoms with Crippen LogP contribution in [0.3, 0.4) is 0 Å². The Morgan fingerprint density at radius 2 is 1.93 bits per heavy atom. The number of aromatic nitrogens is 1. The highest BCUT2D eigenvalue weighted by molar-refractivity contribution is 7.15. The molecule has 0 saturated heterocycles. The topological polar surface area (TPSA) is 90.0 Å². The van der Waals surface area contributed by atoms with Crippen molar-refractivity contribution >= 4 is 28.5 Å². The van der Waals surface area contributed by atoms with Crippen LogP contribution >= 0.6 is 11.3 Å². The predicted octanol–water partition coefficient (Wildman–Crippen LogP) is 3.60. The molecule has 2 amide bonds. The molecule has 1 aromatic carbocycles. The van der Waals surface area contributed by atoms with Gasteiger partial charge >= 0.3 is 6.09 Å². The summed E-state index contributed by atoms with van der Waals surface area (Å²) in [6, 6.07) is 7.27. The lowest BCUT2D eigenvalue weighted by Gasteiger charge is -2.30. The Kier molecular flexibility index (Phi) is 5.31. The Balaban J connectivity index is 1.41. The number of thiazole rings is 1. The molecule has 0 radical (unpaired) electrons. The van der Waals surface area contributed by atoms with Crippen molar-refractivity contribution in [2.45, 2.75) is 58.5 Å². The van der Waals surface area contributed by atoms with E-state index in [-0.39, 0.29) is 12.0 Å². The molecule has 0 saturated carbocycles. The van der Waals surface area contributed by atoms with Gasteiger partial charge in [0.05, 0.1) is 12.2 Å². The minimum Gasteiger partial charge on any atom is -0.482 e. The van der Waals surface area contributed by atoms with Gasteiger partial charge in [-0.2, -0.15) is 0 Å². The lowest BCUT2D eigenvalue weighted by atomic mass is 10.1. The number of amides is 2. The van der Waals surface area contributed by atoms with Gasteiger partial charge in [0.15, 0.2) is 16.6 Å². The molecule has 30 heavy (non-hydrogen) atoms. The molecule has 2 aromatic rings. The van der Waals surface area contributed by atoms with Crippen molar-refractivity contribution < 1.29 is 23.8 Å². The van der Waals surface area contributed by atoms with Crippen LogP contribution in [0.4, 0.5) is 9.93 Å². The van der Waals surface area contributed by atoms with Crippen LogP contribution in [0, 0.1) is 0 Å². The van der Waals surface area contributed by atoms with Crippen molar-refractivity contribution in [3.63, 3.8) is 0 Å². The fourth-order valence-corrected chi connectivity index (χ4v) is 4.34. The third-order valence-corrected chi connectivity index (χ3v) is 5.71. The number of nitrogens with zero attached hydrogens (tertiary/aromatic N) is 2. The maximum atomic E-state index is 12.8. The van der Waals surface area contributed by atoms with E-state index in [0.717, 1.165) is 10.6 Å². The number of nitrogens with one attached hydrogen (secondary N) is 1. The van der Waals surface area contributed by atoms with Gasteiger partial charge in [0.2, 0.25) is 6.10 Å². The van der Waals surface area contributed by atoms with E-state index in [1.807, 2.05) is 39.0 Å². The lowest BCUT2D eigenvalue weighted by molar-refractivity contribution is -0.128. The Morgan fingerprint density at radius 3 is 2.63 bits per heavy atom. The zero-order valence-corrected chi connectivity index (χ0v) is 18.2. The third-order valence-electron chi connectivity index (χ3n) is 4.71. The summed E-state index contributed by atoms with van der Waals surface area (Å²) in [6.45, 7) is 8.29. The van der Waals surface area contributed by atoms with Crippen LogP contribution in [0.15, 0.2) is 24.3 Å². The van der Waals surface area contributed by atoms with E-state index in [2.05, 4.69) is 10.3 Å². The lowest BCUT2D eigenvalue weighted by Crippen LogP contribution is -2.46. The number of benzene rings is 1. The number of carbonyl (C=O) groups excluding carboxylic acids is 2. The van der Waals surface area contributed by atoms with E-state index < -0.39 is 17.8 Å². The zero-order chi connectivity index (χ0) is 21.5. The third kappa shape index (κ3) is 4.35. The van der Waals surface area contributed by atoms with Crippen molar-refractivity contribution in [3.8, 4) is 11.5 Å². The van der Waals surface area contributed by atoms with E-state index in [1.54, 1.807) is 17.9 Å². The Bertz CT molecular complexity index is 968. The Hall–Kier alpha value is -2.81. The number of hydrogen-bond donors (Lipinski definition) is 1. The molecule has 0 spiro atoms. The van der Waals surface area contributed by atoms with Crippen LogP contribution in [-0.4, -0.2) is 46.2 Å². The summed E-state index contributed by atoms with van der Waals surface area (Å²) >= 11 is 1.36. The van der Waals surface area contributed by atoms with Crippen LogP contribution in [0.1, 0.15) is 38.3 Å². The second-order valence-corrected chi connectivity index (χ2v) is 9.42. The van der Waals surface area contributed by atoms with Gasteiger partial charge in [-0.25, -0.2) is 9.78 Å². The number of hydrogen-bond acceptors (Lipinski definition) is 7. The fourth-order valence-electron chi connectivity index (χ4n) is 3.31. The molecule has 1 aromatic heterocycles. The largest absolute Gasteiger partial charge is 0.482 e. The minimum atomic E-state index is -0.779. The smallest absolute Gasteiger partial charge is 0.410 e. The normalized spacial score (nSPS) is 20.3.